The van der Waals surface area contributed by atoms with Gasteiger partial charge in [-0.3, -0.25) is 0 Å². The van der Waals surface area contributed by atoms with Crippen LogP contribution >= 0.6 is 0 Å². The van der Waals surface area contributed by atoms with Gasteiger partial charge >= 0.3 is 0 Å². The summed E-state index contributed by atoms with van der Waals surface area (Å²) in [6, 6.07) is 9.45. The summed E-state index contributed by atoms with van der Waals surface area (Å²) in [6.45, 7) is 2.69. The summed E-state index contributed by atoms with van der Waals surface area (Å²) in [5.41, 5.74) is 2.84. The summed E-state index contributed by atoms with van der Waals surface area (Å²) in [5, 5.41) is 12.4. The van der Waals surface area contributed by atoms with E-state index in [0.717, 1.165) is 23.2 Å². The topological polar surface area (TPSA) is 54.4 Å². The normalized spacial score (nSPS) is 10.5. The number of aliphatic hydroxyl groups is 1. The van der Waals surface area contributed by atoms with Gasteiger partial charge in [0.2, 0.25) is 5.88 Å². The van der Waals surface area contributed by atoms with Crippen LogP contribution < -0.4 is 10.1 Å². The van der Waals surface area contributed by atoms with Crippen molar-refractivity contribution in [3.8, 4) is 11.6 Å². The number of nitrogens with one attached hydrogen (secondary N) is 1. The van der Waals surface area contributed by atoms with Gasteiger partial charge in [-0.2, -0.15) is 0 Å². The highest BCUT2D eigenvalue weighted by Crippen LogP contribution is 2.26. The lowest BCUT2D eigenvalue weighted by atomic mass is 10.2. The van der Waals surface area contributed by atoms with Gasteiger partial charge in [-0.15, -0.1) is 0 Å². The fourth-order valence-electron chi connectivity index (χ4n) is 1.87. The molecule has 0 aliphatic heterocycles. The van der Waals surface area contributed by atoms with Crippen LogP contribution in [0.4, 0.5) is 0 Å². The molecule has 2 N–H and O–H groups in total. The molecule has 100 valence electrons. The maximum absolute atomic E-state index is 9.27. The van der Waals surface area contributed by atoms with Crippen LogP contribution in [0.3, 0.4) is 0 Å². The molecule has 0 fully saturated rings. The van der Waals surface area contributed by atoms with E-state index >= 15 is 0 Å². The Morgan fingerprint density at radius 1 is 1.32 bits per heavy atom. The summed E-state index contributed by atoms with van der Waals surface area (Å²) < 4.78 is 5.77. The van der Waals surface area contributed by atoms with Gasteiger partial charge in [-0.25, -0.2) is 4.98 Å². The molecule has 0 spiro atoms. The van der Waals surface area contributed by atoms with Crippen LogP contribution in [0.1, 0.15) is 16.7 Å². The molecule has 19 heavy (non-hydrogen) atoms. The summed E-state index contributed by atoms with van der Waals surface area (Å²) in [7, 11) is 1.90. The molecule has 4 nitrogen and oxygen atoms in total. The van der Waals surface area contributed by atoms with Crippen molar-refractivity contribution in [1.82, 2.24) is 10.3 Å². The van der Waals surface area contributed by atoms with Crippen LogP contribution in [0, 0.1) is 6.92 Å². The first-order chi connectivity index (χ1) is 9.24. The lowest BCUT2D eigenvalue weighted by molar-refractivity contribution is 0.276. The third-order valence-electron chi connectivity index (χ3n) is 2.82. The molecule has 0 atom stereocenters. The number of aromatic nitrogens is 1. The number of pyridine rings is 1. The van der Waals surface area contributed by atoms with Gasteiger partial charge in [0.1, 0.15) is 5.75 Å². The number of ether oxygens (including phenoxy) is 1. The number of hydrogen-bond acceptors (Lipinski definition) is 4. The molecule has 1 aromatic carbocycles. The highest BCUT2D eigenvalue weighted by Gasteiger charge is 2.07. The van der Waals surface area contributed by atoms with E-state index in [1.165, 1.54) is 0 Å². The van der Waals surface area contributed by atoms with Crippen LogP contribution in [0.25, 0.3) is 0 Å². The lowest BCUT2D eigenvalue weighted by Gasteiger charge is -2.11. The average molecular weight is 258 g/mol. The summed E-state index contributed by atoms with van der Waals surface area (Å²) in [5.74, 6) is 1.21. The SMILES string of the molecule is CNCc1cnc(Oc2ccccc2CO)c(C)c1. The number of aliphatic hydroxyl groups excluding tert-OH is 1. The second kappa shape index (κ2) is 6.31. The Labute approximate surface area is 113 Å². The van der Waals surface area contributed by atoms with Crippen LogP contribution in [0.2, 0.25) is 0 Å². The summed E-state index contributed by atoms with van der Waals surface area (Å²) >= 11 is 0. The van der Waals surface area contributed by atoms with Gasteiger partial charge in [0.15, 0.2) is 0 Å². The molecule has 0 saturated heterocycles. The highest BCUT2D eigenvalue weighted by atomic mass is 16.5. The minimum atomic E-state index is -0.0486. The van der Waals surface area contributed by atoms with Gasteiger partial charge in [-0.05, 0) is 31.7 Å². The molecule has 0 unspecified atom stereocenters. The largest absolute Gasteiger partial charge is 0.438 e. The fourth-order valence-corrected chi connectivity index (χ4v) is 1.87. The van der Waals surface area contributed by atoms with E-state index in [2.05, 4.69) is 10.3 Å². The van der Waals surface area contributed by atoms with Crippen molar-refractivity contribution in [2.45, 2.75) is 20.1 Å². The molecule has 0 saturated carbocycles. The van der Waals surface area contributed by atoms with Crippen molar-refractivity contribution in [3.63, 3.8) is 0 Å². The molecule has 4 heteroatoms. The smallest absolute Gasteiger partial charge is 0.222 e. The van der Waals surface area contributed by atoms with Crippen molar-refractivity contribution in [2.75, 3.05) is 7.05 Å². The van der Waals surface area contributed by atoms with Crippen molar-refractivity contribution >= 4 is 0 Å². The first kappa shape index (κ1) is 13.5. The Hall–Kier alpha value is -1.91. The van der Waals surface area contributed by atoms with Crippen LogP contribution in [-0.4, -0.2) is 17.1 Å². The Kier molecular flexibility index (Phi) is 4.49. The Morgan fingerprint density at radius 2 is 2.11 bits per heavy atom. The number of rotatable bonds is 5. The number of benzene rings is 1. The van der Waals surface area contributed by atoms with E-state index in [9.17, 15) is 5.11 Å². The van der Waals surface area contributed by atoms with Gasteiger partial charge < -0.3 is 15.2 Å². The molecule has 0 aliphatic rings. The van der Waals surface area contributed by atoms with E-state index in [1.807, 2.05) is 44.3 Å². The van der Waals surface area contributed by atoms with Gasteiger partial charge in [0, 0.05) is 23.9 Å². The Balaban J connectivity index is 2.23. The van der Waals surface area contributed by atoms with Gasteiger partial charge in [-0.1, -0.05) is 18.2 Å². The zero-order chi connectivity index (χ0) is 13.7. The quantitative estimate of drug-likeness (QED) is 0.864. The van der Waals surface area contributed by atoms with E-state index in [0.29, 0.717) is 11.6 Å². The van der Waals surface area contributed by atoms with Crippen molar-refractivity contribution in [2.24, 2.45) is 0 Å². The highest BCUT2D eigenvalue weighted by molar-refractivity contribution is 5.38. The Bertz CT molecular complexity index is 556. The predicted molar refractivity (Wildman–Crippen MR) is 74.2 cm³/mol. The number of aryl methyl sites for hydroxylation is 1. The van der Waals surface area contributed by atoms with Crippen LogP contribution in [0.5, 0.6) is 11.6 Å². The predicted octanol–water partition coefficient (Wildman–Crippen LogP) is 2.39. The van der Waals surface area contributed by atoms with Crippen molar-refractivity contribution < 1.29 is 9.84 Å². The van der Waals surface area contributed by atoms with Gasteiger partial charge in [0.25, 0.3) is 0 Å². The van der Waals surface area contributed by atoms with E-state index in [-0.39, 0.29) is 6.61 Å². The first-order valence-electron chi connectivity index (χ1n) is 6.21. The third-order valence-corrected chi connectivity index (χ3v) is 2.82. The number of para-hydroxylation sites is 1. The molecule has 0 amide bonds. The van der Waals surface area contributed by atoms with Crippen molar-refractivity contribution in [1.29, 1.82) is 0 Å². The Morgan fingerprint density at radius 3 is 2.79 bits per heavy atom. The molecule has 0 aliphatic carbocycles. The molecule has 0 bridgehead atoms. The third kappa shape index (κ3) is 3.30. The van der Waals surface area contributed by atoms with Crippen molar-refractivity contribution in [3.05, 3.63) is 53.2 Å². The molecule has 1 heterocycles. The van der Waals surface area contributed by atoms with E-state index in [4.69, 9.17) is 4.74 Å². The maximum Gasteiger partial charge on any atom is 0.222 e. The zero-order valence-corrected chi connectivity index (χ0v) is 11.2. The van der Waals surface area contributed by atoms with Crippen LogP contribution in [-0.2, 0) is 13.2 Å². The summed E-state index contributed by atoms with van der Waals surface area (Å²) in [6.07, 6.45) is 1.79. The van der Waals surface area contributed by atoms with E-state index < -0.39 is 0 Å². The molecular formula is C15H18N2O2. The number of hydrogen-bond donors (Lipinski definition) is 2. The number of nitrogens with zero attached hydrogens (tertiary/aromatic N) is 1. The lowest BCUT2D eigenvalue weighted by Crippen LogP contribution is -2.06. The zero-order valence-electron chi connectivity index (χ0n) is 11.2. The second-order valence-electron chi connectivity index (χ2n) is 4.36. The minimum Gasteiger partial charge on any atom is -0.438 e. The maximum atomic E-state index is 9.27. The molecule has 2 aromatic rings. The first-order valence-corrected chi connectivity index (χ1v) is 6.21. The van der Waals surface area contributed by atoms with E-state index in [1.54, 1.807) is 6.20 Å². The minimum absolute atomic E-state index is 0.0486. The molecule has 0 radical (unpaired) electrons. The summed E-state index contributed by atoms with van der Waals surface area (Å²) in [4.78, 5) is 4.32. The second-order valence-corrected chi connectivity index (χ2v) is 4.36. The monoisotopic (exact) mass is 258 g/mol. The molecule has 1 aromatic heterocycles. The standard InChI is InChI=1S/C15H18N2O2/c1-11-7-12(8-16-2)9-17-15(11)19-14-6-4-3-5-13(14)10-18/h3-7,9,16,18H,8,10H2,1-2H3. The van der Waals surface area contributed by atoms with Gasteiger partial charge in [0.05, 0.1) is 6.61 Å². The average Bonchev–Trinajstić information content (AvgIpc) is 2.43. The fraction of sp³-hybridized carbons (Fsp3) is 0.267. The molecular weight excluding hydrogens is 240 g/mol. The van der Waals surface area contributed by atoms with Crippen LogP contribution in [0.15, 0.2) is 36.5 Å². The molecule has 2 rings (SSSR count).